The van der Waals surface area contributed by atoms with E-state index in [-0.39, 0.29) is 11.9 Å². The summed E-state index contributed by atoms with van der Waals surface area (Å²) >= 11 is 0. The maximum absolute atomic E-state index is 12.8. The molecule has 7 nitrogen and oxygen atoms in total. The number of hydrogen-bond donors (Lipinski definition) is 3. The molecule has 7 heteroatoms. The number of nitrogens with two attached hydrogens (primary N) is 1. The van der Waals surface area contributed by atoms with E-state index in [1.165, 1.54) is 0 Å². The molecule has 2 unspecified atom stereocenters. The molecule has 2 aliphatic rings. The third kappa shape index (κ3) is 3.78. The summed E-state index contributed by atoms with van der Waals surface area (Å²) < 4.78 is 0. The summed E-state index contributed by atoms with van der Waals surface area (Å²) in [4.78, 5) is 19.5. The van der Waals surface area contributed by atoms with Gasteiger partial charge in [-0.25, -0.2) is 0 Å². The zero-order valence-electron chi connectivity index (χ0n) is 16.6. The molecule has 0 spiro atoms. The third-order valence-corrected chi connectivity index (χ3v) is 6.18. The van der Waals surface area contributed by atoms with Crippen molar-refractivity contribution < 1.29 is 9.90 Å². The molecule has 4 N–H and O–H groups in total. The zero-order valence-corrected chi connectivity index (χ0v) is 16.6. The van der Waals surface area contributed by atoms with Crippen molar-refractivity contribution in [1.29, 1.82) is 5.26 Å². The van der Waals surface area contributed by atoms with Crippen LogP contribution >= 0.6 is 0 Å². The van der Waals surface area contributed by atoms with Crippen LogP contribution in [0.15, 0.2) is 30.5 Å². The standard InChI is InChI=1S/C22H27N5O2/c1-14-9-16(26-21(29)22(24)7-6-17(28)10-22)13-27(12-14)19-5-4-15(11-23)20-18(19)3-2-8-25-20/h2-5,8,14,16-17,28H,6-7,9-10,12-13,24H2,1H3,(H,26,29)/t14-,16+,17?,22?/m0/s1. The van der Waals surface area contributed by atoms with Gasteiger partial charge in [-0.15, -0.1) is 0 Å². The van der Waals surface area contributed by atoms with Crippen molar-refractivity contribution in [3.63, 3.8) is 0 Å². The fraction of sp³-hybridized carbons (Fsp3) is 0.500. The first kappa shape index (κ1) is 19.6. The van der Waals surface area contributed by atoms with E-state index < -0.39 is 11.6 Å². The second-order valence-electron chi connectivity index (χ2n) is 8.61. The number of nitriles is 1. The number of hydrogen-bond acceptors (Lipinski definition) is 6. The smallest absolute Gasteiger partial charge is 0.240 e. The molecule has 4 atom stereocenters. The maximum atomic E-state index is 12.8. The van der Waals surface area contributed by atoms with E-state index in [4.69, 9.17) is 5.73 Å². The average molecular weight is 393 g/mol. The lowest BCUT2D eigenvalue weighted by Crippen LogP contribution is -2.58. The Hall–Kier alpha value is -2.69. The van der Waals surface area contributed by atoms with Crippen LogP contribution in [0, 0.1) is 17.2 Å². The van der Waals surface area contributed by atoms with Crippen LogP contribution in [0.4, 0.5) is 5.69 Å². The predicted octanol–water partition coefficient (Wildman–Crippen LogP) is 1.68. The van der Waals surface area contributed by atoms with Gasteiger partial charge in [-0.3, -0.25) is 9.78 Å². The molecule has 1 aromatic heterocycles. The monoisotopic (exact) mass is 393 g/mol. The third-order valence-electron chi connectivity index (χ3n) is 6.18. The van der Waals surface area contributed by atoms with Gasteiger partial charge < -0.3 is 21.1 Å². The minimum Gasteiger partial charge on any atom is -0.393 e. The molecule has 1 saturated carbocycles. The average Bonchev–Trinajstić information content (AvgIpc) is 3.06. The summed E-state index contributed by atoms with van der Waals surface area (Å²) in [6.45, 7) is 3.71. The lowest BCUT2D eigenvalue weighted by Gasteiger charge is -2.39. The van der Waals surface area contributed by atoms with E-state index in [1.807, 2.05) is 24.3 Å². The van der Waals surface area contributed by atoms with E-state index in [0.29, 0.717) is 42.8 Å². The Kier molecular flexibility index (Phi) is 5.15. The van der Waals surface area contributed by atoms with Gasteiger partial charge in [0.05, 0.1) is 22.7 Å². The number of benzene rings is 1. The minimum absolute atomic E-state index is 0.0215. The molecule has 2 heterocycles. The summed E-state index contributed by atoms with van der Waals surface area (Å²) in [6.07, 6.45) is 3.49. The van der Waals surface area contributed by atoms with Gasteiger partial charge >= 0.3 is 0 Å². The topological polar surface area (TPSA) is 115 Å². The molecule has 0 bridgehead atoms. The van der Waals surface area contributed by atoms with Crippen LogP contribution in [0.5, 0.6) is 0 Å². The van der Waals surface area contributed by atoms with Crippen LogP contribution < -0.4 is 16.0 Å². The Morgan fingerprint density at radius 3 is 2.97 bits per heavy atom. The number of carbonyl (C=O) groups is 1. The van der Waals surface area contributed by atoms with Crippen molar-refractivity contribution in [2.24, 2.45) is 11.7 Å². The maximum Gasteiger partial charge on any atom is 0.240 e. The SMILES string of the molecule is C[C@H]1C[C@@H](NC(=O)C2(N)CCC(O)C2)CN(c2ccc(C#N)c3ncccc23)C1. The highest BCUT2D eigenvalue weighted by molar-refractivity contribution is 5.95. The van der Waals surface area contributed by atoms with E-state index >= 15 is 0 Å². The summed E-state index contributed by atoms with van der Waals surface area (Å²) in [7, 11) is 0. The Labute approximate surface area is 170 Å². The molecule has 1 aliphatic carbocycles. The number of pyridine rings is 1. The van der Waals surface area contributed by atoms with Gasteiger partial charge in [0.2, 0.25) is 5.91 Å². The van der Waals surface area contributed by atoms with E-state index in [0.717, 1.165) is 24.0 Å². The Morgan fingerprint density at radius 2 is 2.24 bits per heavy atom. The van der Waals surface area contributed by atoms with Crippen molar-refractivity contribution in [3.05, 3.63) is 36.0 Å². The number of fused-ring (bicyclic) bond motifs is 1. The van der Waals surface area contributed by atoms with Gasteiger partial charge in [0.1, 0.15) is 6.07 Å². The number of aliphatic hydroxyl groups excluding tert-OH is 1. The molecule has 0 radical (unpaired) electrons. The minimum atomic E-state index is -0.976. The quantitative estimate of drug-likeness (QED) is 0.731. The van der Waals surface area contributed by atoms with E-state index in [2.05, 4.69) is 28.2 Å². The largest absolute Gasteiger partial charge is 0.393 e. The first-order valence-corrected chi connectivity index (χ1v) is 10.2. The second-order valence-corrected chi connectivity index (χ2v) is 8.61. The first-order valence-electron chi connectivity index (χ1n) is 10.2. The van der Waals surface area contributed by atoms with Crippen LogP contribution in [0.2, 0.25) is 0 Å². The van der Waals surface area contributed by atoms with Crippen LogP contribution in [-0.4, -0.2) is 46.8 Å². The van der Waals surface area contributed by atoms with Crippen molar-refractivity contribution in [1.82, 2.24) is 10.3 Å². The molecular formula is C22H27N5O2. The summed E-state index contributed by atoms with van der Waals surface area (Å²) in [5.41, 5.74) is 7.58. The number of aliphatic hydroxyl groups is 1. The van der Waals surface area contributed by atoms with Crippen LogP contribution in [0.3, 0.4) is 0 Å². The Morgan fingerprint density at radius 1 is 1.41 bits per heavy atom. The Balaban J connectivity index is 1.57. The van der Waals surface area contributed by atoms with Gasteiger partial charge in [-0.1, -0.05) is 6.92 Å². The number of amides is 1. The molecule has 1 aliphatic heterocycles. The molecule has 29 heavy (non-hydrogen) atoms. The molecule has 2 fully saturated rings. The lowest BCUT2D eigenvalue weighted by molar-refractivity contribution is -0.127. The highest BCUT2D eigenvalue weighted by Crippen LogP contribution is 2.32. The highest BCUT2D eigenvalue weighted by atomic mass is 16.3. The van der Waals surface area contributed by atoms with Gasteiger partial charge in [0.25, 0.3) is 0 Å². The van der Waals surface area contributed by atoms with Crippen molar-refractivity contribution in [2.45, 2.75) is 50.3 Å². The molecule has 1 saturated heterocycles. The number of anilines is 1. The first-order chi connectivity index (χ1) is 13.9. The van der Waals surface area contributed by atoms with E-state index in [1.54, 1.807) is 6.20 Å². The number of rotatable bonds is 3. The second kappa shape index (κ2) is 7.62. The van der Waals surface area contributed by atoms with E-state index in [9.17, 15) is 15.2 Å². The number of nitrogens with one attached hydrogen (secondary N) is 1. The number of carbonyl (C=O) groups excluding carboxylic acids is 1. The summed E-state index contributed by atoms with van der Waals surface area (Å²) in [5, 5.41) is 23.3. The molecule has 4 rings (SSSR count). The highest BCUT2D eigenvalue weighted by Gasteiger charge is 2.42. The molecule has 1 aromatic carbocycles. The number of nitrogens with zero attached hydrogens (tertiary/aromatic N) is 3. The fourth-order valence-electron chi connectivity index (χ4n) is 4.76. The summed E-state index contributed by atoms with van der Waals surface area (Å²) in [5.74, 6) is 0.221. The van der Waals surface area contributed by atoms with Crippen molar-refractivity contribution in [2.75, 3.05) is 18.0 Å². The Bertz CT molecular complexity index is 971. The number of aromatic nitrogens is 1. The lowest BCUT2D eigenvalue weighted by atomic mass is 9.92. The van der Waals surface area contributed by atoms with Crippen LogP contribution in [0.25, 0.3) is 10.9 Å². The van der Waals surface area contributed by atoms with Crippen molar-refractivity contribution >= 4 is 22.5 Å². The summed E-state index contributed by atoms with van der Waals surface area (Å²) in [6, 6.07) is 9.83. The van der Waals surface area contributed by atoms with Crippen molar-refractivity contribution in [3.8, 4) is 6.07 Å². The molecule has 152 valence electrons. The van der Waals surface area contributed by atoms with Gasteiger partial charge in [0.15, 0.2) is 0 Å². The van der Waals surface area contributed by atoms with Gasteiger partial charge in [-0.2, -0.15) is 5.26 Å². The molecule has 2 aromatic rings. The van der Waals surface area contributed by atoms with Gasteiger partial charge in [-0.05, 0) is 49.4 Å². The van der Waals surface area contributed by atoms with Gasteiger partial charge in [0, 0.05) is 42.8 Å². The number of piperidine rings is 1. The van der Waals surface area contributed by atoms with Crippen LogP contribution in [-0.2, 0) is 4.79 Å². The molecule has 1 amide bonds. The van der Waals surface area contributed by atoms with Crippen LogP contribution in [0.1, 0.15) is 38.2 Å². The normalized spacial score (nSPS) is 29.6. The zero-order chi connectivity index (χ0) is 20.6. The molecular weight excluding hydrogens is 366 g/mol. The fourth-order valence-corrected chi connectivity index (χ4v) is 4.76. The predicted molar refractivity (Wildman–Crippen MR) is 111 cm³/mol.